The highest BCUT2D eigenvalue weighted by Gasteiger charge is 1.98. The van der Waals surface area contributed by atoms with Gasteiger partial charge in [0.25, 0.3) is 0 Å². The van der Waals surface area contributed by atoms with Gasteiger partial charge in [-0.05, 0) is 18.2 Å². The Labute approximate surface area is 75.6 Å². The average Bonchev–Trinajstić information content (AvgIpc) is 2.76. The van der Waals surface area contributed by atoms with Crippen molar-refractivity contribution in [1.29, 1.82) is 0 Å². The number of aromatic nitrogens is 1. The minimum atomic E-state index is 0.668. The Hall–Kier alpha value is -1.77. The zero-order valence-corrected chi connectivity index (χ0v) is 7.01. The first-order chi connectivity index (χ1) is 6.38. The van der Waals surface area contributed by atoms with Crippen molar-refractivity contribution in [3.63, 3.8) is 0 Å². The number of furan rings is 1. The summed E-state index contributed by atoms with van der Waals surface area (Å²) in [6.07, 6.45) is 6.11. The number of rotatable bonds is 3. The van der Waals surface area contributed by atoms with Gasteiger partial charge in [0.1, 0.15) is 5.76 Å². The van der Waals surface area contributed by atoms with Crippen LogP contribution in [0.2, 0.25) is 0 Å². The number of nitrogens with zero attached hydrogens (tertiary/aromatic N) is 1. The van der Waals surface area contributed by atoms with Crippen LogP contribution in [0.5, 0.6) is 0 Å². The van der Waals surface area contributed by atoms with Crippen LogP contribution in [0.25, 0.3) is 0 Å². The molecule has 0 aliphatic carbocycles. The first-order valence-corrected chi connectivity index (χ1v) is 4.02. The Morgan fingerprint density at radius 2 is 2.38 bits per heavy atom. The van der Waals surface area contributed by atoms with Gasteiger partial charge in [0.15, 0.2) is 6.29 Å². The summed E-state index contributed by atoms with van der Waals surface area (Å²) in [4.78, 5) is 10.4. The third-order valence-electron chi connectivity index (χ3n) is 1.83. The molecule has 0 aliphatic heterocycles. The Morgan fingerprint density at radius 3 is 3.00 bits per heavy atom. The van der Waals surface area contributed by atoms with Gasteiger partial charge in [0.05, 0.1) is 12.8 Å². The third kappa shape index (κ3) is 1.69. The Bertz CT molecular complexity index is 387. The number of carbonyl (C=O) groups excluding carboxylic acids is 1. The van der Waals surface area contributed by atoms with E-state index in [2.05, 4.69) is 0 Å². The van der Waals surface area contributed by atoms with E-state index in [4.69, 9.17) is 4.42 Å². The minimum absolute atomic E-state index is 0.668. The number of carbonyl (C=O) groups is 1. The number of hydrogen-bond acceptors (Lipinski definition) is 2. The summed E-state index contributed by atoms with van der Waals surface area (Å²) >= 11 is 0. The fraction of sp³-hybridized carbons (Fsp3) is 0.100. The van der Waals surface area contributed by atoms with Crippen molar-refractivity contribution in [2.45, 2.75) is 6.54 Å². The van der Waals surface area contributed by atoms with Gasteiger partial charge < -0.3 is 8.98 Å². The van der Waals surface area contributed by atoms with Crippen molar-refractivity contribution >= 4 is 6.29 Å². The molecule has 2 rings (SSSR count). The van der Waals surface area contributed by atoms with Gasteiger partial charge in [0, 0.05) is 18.0 Å². The molecule has 13 heavy (non-hydrogen) atoms. The van der Waals surface area contributed by atoms with Crippen molar-refractivity contribution < 1.29 is 9.21 Å². The van der Waals surface area contributed by atoms with E-state index in [1.54, 1.807) is 18.5 Å². The first kappa shape index (κ1) is 7.86. The molecule has 66 valence electrons. The summed E-state index contributed by atoms with van der Waals surface area (Å²) in [5, 5.41) is 0. The molecule has 0 saturated heterocycles. The molecule has 3 nitrogen and oxygen atoms in total. The van der Waals surface area contributed by atoms with Crippen molar-refractivity contribution in [3.8, 4) is 0 Å². The highest BCUT2D eigenvalue weighted by molar-refractivity contribution is 5.74. The Morgan fingerprint density at radius 1 is 1.46 bits per heavy atom. The van der Waals surface area contributed by atoms with Crippen LogP contribution in [0, 0.1) is 0 Å². The molecule has 2 aromatic heterocycles. The van der Waals surface area contributed by atoms with Crippen LogP contribution < -0.4 is 0 Å². The normalized spacial score (nSPS) is 10.2. The van der Waals surface area contributed by atoms with E-state index in [-0.39, 0.29) is 0 Å². The largest absolute Gasteiger partial charge is 0.467 e. The van der Waals surface area contributed by atoms with Crippen molar-refractivity contribution in [2.24, 2.45) is 0 Å². The maximum atomic E-state index is 10.4. The van der Waals surface area contributed by atoms with E-state index in [9.17, 15) is 4.79 Å². The lowest BCUT2D eigenvalue weighted by Gasteiger charge is -1.97. The van der Waals surface area contributed by atoms with E-state index < -0.39 is 0 Å². The monoisotopic (exact) mass is 175 g/mol. The predicted molar refractivity (Wildman–Crippen MR) is 47.6 cm³/mol. The summed E-state index contributed by atoms with van der Waals surface area (Å²) in [6, 6.07) is 5.52. The minimum Gasteiger partial charge on any atom is -0.467 e. The van der Waals surface area contributed by atoms with Crippen LogP contribution in [0.15, 0.2) is 41.3 Å². The molecule has 2 aromatic rings. The van der Waals surface area contributed by atoms with Crippen molar-refractivity contribution in [2.75, 3.05) is 0 Å². The summed E-state index contributed by atoms with van der Waals surface area (Å²) in [6.45, 7) is 0.668. The average molecular weight is 175 g/mol. The zero-order chi connectivity index (χ0) is 9.10. The van der Waals surface area contributed by atoms with Crippen molar-refractivity contribution in [1.82, 2.24) is 4.57 Å². The molecule has 0 amide bonds. The molecular weight excluding hydrogens is 166 g/mol. The predicted octanol–water partition coefficient (Wildman–Crippen LogP) is 1.94. The molecule has 0 spiro atoms. The molecule has 3 heteroatoms. The number of hydrogen-bond donors (Lipinski definition) is 0. The quantitative estimate of drug-likeness (QED) is 0.668. The summed E-state index contributed by atoms with van der Waals surface area (Å²) < 4.78 is 7.08. The van der Waals surface area contributed by atoms with E-state index in [0.29, 0.717) is 12.1 Å². The summed E-state index contributed by atoms with van der Waals surface area (Å²) in [5.74, 6) is 0.882. The second-order valence-corrected chi connectivity index (χ2v) is 2.81. The van der Waals surface area contributed by atoms with Gasteiger partial charge >= 0.3 is 0 Å². The van der Waals surface area contributed by atoms with E-state index in [1.165, 1.54) is 0 Å². The third-order valence-corrected chi connectivity index (χ3v) is 1.83. The Balaban J connectivity index is 2.14. The SMILES string of the molecule is O=Cc1ccn(Cc2ccco2)c1. The molecule has 0 aromatic carbocycles. The second kappa shape index (κ2) is 3.31. The lowest BCUT2D eigenvalue weighted by atomic mass is 10.4. The smallest absolute Gasteiger partial charge is 0.151 e. The van der Waals surface area contributed by atoms with E-state index >= 15 is 0 Å². The highest BCUT2D eigenvalue weighted by atomic mass is 16.3. The lowest BCUT2D eigenvalue weighted by Crippen LogP contribution is -1.93. The van der Waals surface area contributed by atoms with Crippen molar-refractivity contribution in [3.05, 3.63) is 48.2 Å². The van der Waals surface area contributed by atoms with Crippen LogP contribution in [0.3, 0.4) is 0 Å². The van der Waals surface area contributed by atoms with Gasteiger partial charge in [0.2, 0.25) is 0 Å². The fourth-order valence-electron chi connectivity index (χ4n) is 1.21. The molecule has 0 N–H and O–H groups in total. The number of aldehydes is 1. The summed E-state index contributed by atoms with van der Waals surface area (Å²) in [5.41, 5.74) is 0.687. The van der Waals surface area contributed by atoms with Gasteiger partial charge in [-0.25, -0.2) is 0 Å². The van der Waals surface area contributed by atoms with Crippen LogP contribution in [0.1, 0.15) is 16.1 Å². The molecule has 0 unspecified atom stereocenters. The maximum absolute atomic E-state index is 10.4. The molecule has 0 bridgehead atoms. The molecule has 0 radical (unpaired) electrons. The lowest BCUT2D eigenvalue weighted by molar-refractivity contribution is 0.112. The zero-order valence-electron chi connectivity index (χ0n) is 7.01. The van der Waals surface area contributed by atoms with Crippen LogP contribution in [-0.4, -0.2) is 10.9 Å². The second-order valence-electron chi connectivity index (χ2n) is 2.81. The van der Waals surface area contributed by atoms with E-state index in [1.807, 2.05) is 22.9 Å². The summed E-state index contributed by atoms with van der Waals surface area (Å²) in [7, 11) is 0. The molecular formula is C10H9NO2. The fourth-order valence-corrected chi connectivity index (χ4v) is 1.21. The van der Waals surface area contributed by atoms with Gasteiger partial charge in [-0.2, -0.15) is 0 Å². The van der Waals surface area contributed by atoms with Gasteiger partial charge in [-0.3, -0.25) is 4.79 Å². The van der Waals surface area contributed by atoms with Crippen LogP contribution >= 0.6 is 0 Å². The highest BCUT2D eigenvalue weighted by Crippen LogP contribution is 2.05. The molecule has 0 saturated carbocycles. The maximum Gasteiger partial charge on any atom is 0.151 e. The molecule has 0 aliphatic rings. The molecule has 0 fully saturated rings. The standard InChI is InChI=1S/C10H9NO2/c12-8-9-3-4-11(6-9)7-10-2-1-5-13-10/h1-6,8H,7H2. The molecule has 2 heterocycles. The van der Waals surface area contributed by atoms with Gasteiger partial charge in [-0.15, -0.1) is 0 Å². The first-order valence-electron chi connectivity index (χ1n) is 4.02. The van der Waals surface area contributed by atoms with E-state index in [0.717, 1.165) is 12.0 Å². The molecule has 0 atom stereocenters. The van der Waals surface area contributed by atoms with Crippen LogP contribution in [0.4, 0.5) is 0 Å². The topological polar surface area (TPSA) is 35.1 Å². The van der Waals surface area contributed by atoms with Crippen LogP contribution in [-0.2, 0) is 6.54 Å². The van der Waals surface area contributed by atoms with Gasteiger partial charge in [-0.1, -0.05) is 0 Å². The Kier molecular flexibility index (Phi) is 2.00.